The van der Waals surface area contributed by atoms with Gasteiger partial charge in [0.15, 0.2) is 5.76 Å². The van der Waals surface area contributed by atoms with E-state index in [1.807, 2.05) is 4.90 Å². The first kappa shape index (κ1) is 16.1. The van der Waals surface area contributed by atoms with Crippen molar-refractivity contribution in [1.82, 2.24) is 9.47 Å². The molecule has 25 heavy (non-hydrogen) atoms. The summed E-state index contributed by atoms with van der Waals surface area (Å²) < 4.78 is 12.7. The molecule has 6 heteroatoms. The smallest absolute Gasteiger partial charge is 0.289 e. The second-order valence-electron chi connectivity index (χ2n) is 6.85. The average molecular weight is 342 g/mol. The minimum Gasteiger partial charge on any atom is -0.454 e. The first-order valence-electron chi connectivity index (χ1n) is 8.83. The van der Waals surface area contributed by atoms with Crippen LogP contribution in [0.2, 0.25) is 0 Å². The Morgan fingerprint density at radius 1 is 1.20 bits per heavy atom. The van der Waals surface area contributed by atoms with Gasteiger partial charge in [-0.3, -0.25) is 9.59 Å². The van der Waals surface area contributed by atoms with Crippen molar-refractivity contribution in [1.29, 1.82) is 0 Å². The molecule has 6 nitrogen and oxygen atoms in total. The molecule has 2 aromatic rings. The number of hydrogen-bond donors (Lipinski definition) is 0. The molecule has 1 saturated heterocycles. The van der Waals surface area contributed by atoms with Crippen LogP contribution in [0, 0.1) is 5.92 Å². The number of furan rings is 1. The standard InChI is InChI=1S/C19H22N2O4/c22-18-3-1-2-9-20(18)12-16-6-7-17(25-16)19(23)21(15-4-5-15)11-14-8-10-24-13-14/h1-3,6-7,9,14-15H,4-5,8,10-13H2. The molecule has 1 saturated carbocycles. The van der Waals surface area contributed by atoms with E-state index in [0.717, 1.165) is 39.0 Å². The van der Waals surface area contributed by atoms with E-state index in [0.29, 0.717) is 30.0 Å². The van der Waals surface area contributed by atoms with Gasteiger partial charge in [-0.1, -0.05) is 6.07 Å². The summed E-state index contributed by atoms with van der Waals surface area (Å²) in [5, 5.41) is 0. The number of carbonyl (C=O) groups is 1. The van der Waals surface area contributed by atoms with Crippen LogP contribution in [0.25, 0.3) is 0 Å². The van der Waals surface area contributed by atoms with E-state index in [9.17, 15) is 9.59 Å². The summed E-state index contributed by atoms with van der Waals surface area (Å²) in [5.74, 6) is 1.32. The van der Waals surface area contributed by atoms with Crippen LogP contribution in [0.4, 0.5) is 0 Å². The van der Waals surface area contributed by atoms with Crippen molar-refractivity contribution in [2.45, 2.75) is 31.8 Å². The number of carbonyl (C=O) groups excluding carboxylic acids is 1. The lowest BCUT2D eigenvalue weighted by molar-refractivity contribution is 0.0672. The molecule has 0 radical (unpaired) electrons. The van der Waals surface area contributed by atoms with Gasteiger partial charge in [-0.2, -0.15) is 0 Å². The normalized spacial score (nSPS) is 19.9. The lowest BCUT2D eigenvalue weighted by Crippen LogP contribution is -2.37. The highest BCUT2D eigenvalue weighted by Gasteiger charge is 2.36. The van der Waals surface area contributed by atoms with E-state index >= 15 is 0 Å². The summed E-state index contributed by atoms with van der Waals surface area (Å²) in [4.78, 5) is 26.6. The zero-order chi connectivity index (χ0) is 17.2. The molecule has 0 spiro atoms. The van der Waals surface area contributed by atoms with E-state index in [4.69, 9.17) is 9.15 Å². The molecule has 2 aromatic heterocycles. The van der Waals surface area contributed by atoms with Crippen molar-refractivity contribution in [3.8, 4) is 0 Å². The number of nitrogens with zero attached hydrogens (tertiary/aromatic N) is 2. The fourth-order valence-corrected chi connectivity index (χ4v) is 3.27. The van der Waals surface area contributed by atoms with E-state index in [1.165, 1.54) is 6.07 Å². The van der Waals surface area contributed by atoms with Gasteiger partial charge in [0.05, 0.1) is 13.2 Å². The Bertz CT molecular complexity index is 800. The molecule has 3 heterocycles. The molecule has 1 aliphatic carbocycles. The summed E-state index contributed by atoms with van der Waals surface area (Å²) in [7, 11) is 0. The molecule has 4 rings (SSSR count). The van der Waals surface area contributed by atoms with Crippen LogP contribution in [0.15, 0.2) is 45.7 Å². The lowest BCUT2D eigenvalue weighted by atomic mass is 10.1. The van der Waals surface area contributed by atoms with E-state index in [2.05, 4.69) is 0 Å². The van der Waals surface area contributed by atoms with Crippen molar-refractivity contribution in [2.24, 2.45) is 5.92 Å². The molecule has 2 aliphatic rings. The fourth-order valence-electron chi connectivity index (χ4n) is 3.27. The summed E-state index contributed by atoms with van der Waals surface area (Å²) in [6.07, 6.45) is 4.85. The Morgan fingerprint density at radius 3 is 2.80 bits per heavy atom. The topological polar surface area (TPSA) is 64.7 Å². The van der Waals surface area contributed by atoms with Crippen LogP contribution in [-0.2, 0) is 11.3 Å². The van der Waals surface area contributed by atoms with Crippen LogP contribution < -0.4 is 5.56 Å². The number of aromatic nitrogens is 1. The van der Waals surface area contributed by atoms with E-state index in [1.54, 1.807) is 35.0 Å². The summed E-state index contributed by atoms with van der Waals surface area (Å²) >= 11 is 0. The fraction of sp³-hybridized carbons (Fsp3) is 0.474. The van der Waals surface area contributed by atoms with Gasteiger partial charge in [0.25, 0.3) is 11.5 Å². The molecule has 1 amide bonds. The molecule has 0 N–H and O–H groups in total. The monoisotopic (exact) mass is 342 g/mol. The third-order valence-corrected chi connectivity index (χ3v) is 4.83. The summed E-state index contributed by atoms with van der Waals surface area (Å²) in [6, 6.07) is 8.83. The van der Waals surface area contributed by atoms with Crippen molar-refractivity contribution in [3.63, 3.8) is 0 Å². The maximum absolute atomic E-state index is 12.9. The van der Waals surface area contributed by atoms with Gasteiger partial charge in [0.2, 0.25) is 0 Å². The predicted octanol–water partition coefficient (Wildman–Crippen LogP) is 2.13. The van der Waals surface area contributed by atoms with Crippen molar-refractivity contribution >= 4 is 5.91 Å². The maximum atomic E-state index is 12.9. The Morgan fingerprint density at radius 2 is 2.08 bits per heavy atom. The minimum absolute atomic E-state index is 0.0546. The third-order valence-electron chi connectivity index (χ3n) is 4.83. The average Bonchev–Trinajstić information content (AvgIpc) is 3.13. The number of amides is 1. The van der Waals surface area contributed by atoms with Gasteiger partial charge in [0, 0.05) is 37.4 Å². The van der Waals surface area contributed by atoms with Crippen LogP contribution in [-0.4, -0.2) is 41.2 Å². The molecule has 1 aliphatic heterocycles. The molecular formula is C19H22N2O4. The Labute approximate surface area is 146 Å². The Hall–Kier alpha value is -2.34. The minimum atomic E-state index is -0.0902. The van der Waals surface area contributed by atoms with E-state index < -0.39 is 0 Å². The zero-order valence-electron chi connectivity index (χ0n) is 14.1. The van der Waals surface area contributed by atoms with Crippen molar-refractivity contribution in [2.75, 3.05) is 19.8 Å². The molecule has 2 fully saturated rings. The van der Waals surface area contributed by atoms with Crippen LogP contribution in [0.1, 0.15) is 35.6 Å². The van der Waals surface area contributed by atoms with Crippen molar-refractivity contribution < 1.29 is 13.9 Å². The number of pyridine rings is 1. The van der Waals surface area contributed by atoms with Crippen LogP contribution in [0.3, 0.4) is 0 Å². The molecule has 1 unspecified atom stereocenters. The second kappa shape index (κ2) is 6.88. The van der Waals surface area contributed by atoms with E-state index in [-0.39, 0.29) is 11.5 Å². The SMILES string of the molecule is O=C(c1ccc(Cn2ccccc2=O)o1)N(CC1CCOC1)C1CC1. The highest BCUT2D eigenvalue weighted by molar-refractivity contribution is 5.92. The van der Waals surface area contributed by atoms with Crippen molar-refractivity contribution in [3.05, 3.63) is 58.4 Å². The zero-order valence-corrected chi connectivity index (χ0v) is 14.1. The number of hydrogen-bond acceptors (Lipinski definition) is 4. The maximum Gasteiger partial charge on any atom is 0.289 e. The lowest BCUT2D eigenvalue weighted by Gasteiger charge is -2.24. The molecule has 132 valence electrons. The number of rotatable bonds is 6. The van der Waals surface area contributed by atoms with Gasteiger partial charge in [0.1, 0.15) is 5.76 Å². The Balaban J connectivity index is 1.47. The first-order valence-corrected chi connectivity index (χ1v) is 8.83. The largest absolute Gasteiger partial charge is 0.454 e. The molecule has 1 atom stereocenters. The summed E-state index contributed by atoms with van der Waals surface area (Å²) in [5.41, 5.74) is -0.0902. The van der Waals surface area contributed by atoms with Gasteiger partial charge >= 0.3 is 0 Å². The highest BCUT2D eigenvalue weighted by atomic mass is 16.5. The predicted molar refractivity (Wildman–Crippen MR) is 91.5 cm³/mol. The second-order valence-corrected chi connectivity index (χ2v) is 6.85. The molecular weight excluding hydrogens is 320 g/mol. The third kappa shape index (κ3) is 3.69. The van der Waals surface area contributed by atoms with Gasteiger partial charge in [-0.15, -0.1) is 0 Å². The summed E-state index contributed by atoms with van der Waals surface area (Å²) in [6.45, 7) is 2.58. The van der Waals surface area contributed by atoms with Gasteiger partial charge < -0.3 is 18.6 Å². The first-order chi connectivity index (χ1) is 12.2. The highest BCUT2D eigenvalue weighted by Crippen LogP contribution is 2.30. The van der Waals surface area contributed by atoms with Gasteiger partial charge in [-0.05, 0) is 37.5 Å². The molecule has 0 aromatic carbocycles. The van der Waals surface area contributed by atoms with Gasteiger partial charge in [-0.25, -0.2) is 0 Å². The van der Waals surface area contributed by atoms with Crippen LogP contribution in [0.5, 0.6) is 0 Å². The quantitative estimate of drug-likeness (QED) is 0.807. The Kier molecular flexibility index (Phi) is 4.44. The number of ether oxygens (including phenoxy) is 1. The molecule has 0 bridgehead atoms. The van der Waals surface area contributed by atoms with Crippen LogP contribution >= 0.6 is 0 Å².